The lowest BCUT2D eigenvalue weighted by Gasteiger charge is -2.28. The van der Waals surface area contributed by atoms with E-state index < -0.39 is 17.7 Å². The van der Waals surface area contributed by atoms with Crippen LogP contribution in [0, 0.1) is 0 Å². The number of nitrogens with one attached hydrogen (secondary N) is 2. The molecule has 2 heterocycles. The van der Waals surface area contributed by atoms with Gasteiger partial charge in [0.2, 0.25) is 5.91 Å². The van der Waals surface area contributed by atoms with E-state index in [0.717, 1.165) is 5.56 Å². The first-order valence-corrected chi connectivity index (χ1v) is 8.54. The topological polar surface area (TPSA) is 101 Å². The minimum Gasteiger partial charge on any atom is -0.444 e. The Balaban J connectivity index is 2.04. The van der Waals surface area contributed by atoms with Gasteiger partial charge in [-0.2, -0.15) is 0 Å². The number of ether oxygens (including phenoxy) is 1. The molecule has 2 amide bonds. The number of amides is 2. The molecule has 0 saturated heterocycles. The summed E-state index contributed by atoms with van der Waals surface area (Å²) in [5.74, 6) is 0.657. The summed E-state index contributed by atoms with van der Waals surface area (Å²) in [6.07, 6.45) is -0.254. The highest BCUT2D eigenvalue weighted by atomic mass is 16.6. The Morgan fingerprint density at radius 3 is 2.65 bits per heavy atom. The number of aromatic nitrogens is 1. The van der Waals surface area contributed by atoms with E-state index in [4.69, 9.17) is 4.74 Å². The van der Waals surface area contributed by atoms with E-state index in [1.165, 1.54) is 11.9 Å². The Labute approximate surface area is 153 Å². The second kappa shape index (κ2) is 7.31. The van der Waals surface area contributed by atoms with Crippen LogP contribution < -0.4 is 10.6 Å². The molecule has 0 bridgehead atoms. The Bertz CT molecular complexity index is 726. The highest BCUT2D eigenvalue weighted by molar-refractivity contribution is 5.96. The van der Waals surface area contributed by atoms with Gasteiger partial charge in [0.1, 0.15) is 23.3 Å². The molecule has 0 unspecified atom stereocenters. The van der Waals surface area contributed by atoms with Crippen molar-refractivity contribution in [3.63, 3.8) is 0 Å². The molecule has 2 atom stereocenters. The summed E-state index contributed by atoms with van der Waals surface area (Å²) < 4.78 is 5.27. The van der Waals surface area contributed by atoms with E-state index in [0.29, 0.717) is 18.1 Å². The van der Waals surface area contributed by atoms with Crippen molar-refractivity contribution in [1.29, 1.82) is 0 Å². The summed E-state index contributed by atoms with van der Waals surface area (Å²) in [6, 6.07) is 2.35. The van der Waals surface area contributed by atoms with Gasteiger partial charge in [0.25, 0.3) is 0 Å². The van der Waals surface area contributed by atoms with E-state index in [-0.39, 0.29) is 17.7 Å². The number of likely N-dealkylation sites (N-methyl/N-ethyl adjacent to an activating group) is 1. The number of pyridine rings is 1. The van der Waals surface area contributed by atoms with Gasteiger partial charge in [0.05, 0.1) is 6.04 Å². The molecule has 2 N–H and O–H groups in total. The lowest BCUT2D eigenvalue weighted by molar-refractivity contribution is -0.120. The third kappa shape index (κ3) is 4.71. The maximum absolute atomic E-state index is 12.4. The summed E-state index contributed by atoms with van der Waals surface area (Å²) in [6.45, 7) is 8.67. The number of ketones is 1. The van der Waals surface area contributed by atoms with Crippen LogP contribution in [-0.4, -0.2) is 52.4 Å². The lowest BCUT2D eigenvalue weighted by Crippen LogP contribution is -2.45. The fourth-order valence-electron chi connectivity index (χ4n) is 2.35. The Morgan fingerprint density at radius 1 is 1.38 bits per heavy atom. The Hall–Kier alpha value is -2.64. The zero-order valence-electron chi connectivity index (χ0n) is 16.0. The quantitative estimate of drug-likeness (QED) is 0.855. The fourth-order valence-corrected chi connectivity index (χ4v) is 2.35. The first-order chi connectivity index (χ1) is 12.0. The standard InChI is InChI=1S/C18H26N4O4/c1-10-13(23)9-12-7-8-14(20-15(12)19-10)21-16(24)11(2)22(6)17(25)26-18(3,4)5/h7-8,10-11H,9H2,1-6H3,(H2,19,20,21,24)/t10-,11-/m0/s1. The van der Waals surface area contributed by atoms with Gasteiger partial charge < -0.3 is 15.4 Å². The first kappa shape index (κ1) is 19.7. The highest BCUT2D eigenvalue weighted by Crippen LogP contribution is 2.23. The summed E-state index contributed by atoms with van der Waals surface area (Å²) >= 11 is 0. The molecule has 1 aliphatic rings. The molecule has 142 valence electrons. The Kier molecular flexibility index (Phi) is 5.53. The zero-order valence-corrected chi connectivity index (χ0v) is 16.0. The minimum absolute atomic E-state index is 0.101. The van der Waals surface area contributed by atoms with Gasteiger partial charge >= 0.3 is 6.09 Å². The normalized spacial score (nSPS) is 17.6. The van der Waals surface area contributed by atoms with Crippen LogP contribution in [0.15, 0.2) is 12.1 Å². The van der Waals surface area contributed by atoms with Crippen LogP contribution in [0.2, 0.25) is 0 Å². The van der Waals surface area contributed by atoms with Crippen LogP contribution >= 0.6 is 0 Å². The summed E-state index contributed by atoms with van der Waals surface area (Å²) in [4.78, 5) is 41.8. The molecule has 26 heavy (non-hydrogen) atoms. The molecule has 0 radical (unpaired) electrons. The van der Waals surface area contributed by atoms with Crippen LogP contribution in [0.4, 0.5) is 16.4 Å². The number of hydrogen-bond acceptors (Lipinski definition) is 6. The minimum atomic E-state index is -0.740. The van der Waals surface area contributed by atoms with E-state index in [2.05, 4.69) is 15.6 Å². The number of fused-ring (bicyclic) bond motifs is 1. The van der Waals surface area contributed by atoms with Gasteiger partial charge in [0.15, 0.2) is 5.78 Å². The van der Waals surface area contributed by atoms with Gasteiger partial charge in [-0.15, -0.1) is 0 Å². The average Bonchev–Trinajstić information content (AvgIpc) is 2.53. The number of rotatable bonds is 3. The summed E-state index contributed by atoms with van der Waals surface area (Å²) in [7, 11) is 1.51. The molecule has 8 nitrogen and oxygen atoms in total. The van der Waals surface area contributed by atoms with Gasteiger partial charge in [-0.05, 0) is 40.7 Å². The number of carbonyl (C=O) groups excluding carboxylic acids is 3. The number of hydrogen-bond donors (Lipinski definition) is 2. The SMILES string of the molecule is C[C@@H]1Nc2nc(NC(=O)[C@H](C)N(C)C(=O)OC(C)(C)C)ccc2CC1=O. The molecular formula is C18H26N4O4. The van der Waals surface area contributed by atoms with E-state index in [9.17, 15) is 14.4 Å². The molecule has 0 aliphatic carbocycles. The van der Waals surface area contributed by atoms with Crippen molar-refractivity contribution in [2.24, 2.45) is 0 Å². The average molecular weight is 362 g/mol. The van der Waals surface area contributed by atoms with Crippen LogP contribution in [0.5, 0.6) is 0 Å². The number of anilines is 2. The monoisotopic (exact) mass is 362 g/mol. The van der Waals surface area contributed by atoms with E-state index in [1.807, 2.05) is 0 Å². The van der Waals surface area contributed by atoms with Crippen molar-refractivity contribution >= 4 is 29.4 Å². The van der Waals surface area contributed by atoms with Crippen molar-refractivity contribution in [2.75, 3.05) is 17.7 Å². The zero-order chi connectivity index (χ0) is 19.6. The molecule has 1 aromatic rings. The van der Waals surface area contributed by atoms with Crippen LogP contribution in [0.1, 0.15) is 40.2 Å². The number of Topliss-reactive ketones (excluding diaryl/α,β-unsaturated/α-hetero) is 1. The van der Waals surface area contributed by atoms with Crippen LogP contribution in [0.3, 0.4) is 0 Å². The van der Waals surface area contributed by atoms with E-state index in [1.54, 1.807) is 46.8 Å². The molecule has 1 aromatic heterocycles. The summed E-state index contributed by atoms with van der Waals surface area (Å²) in [5.41, 5.74) is 0.159. The molecular weight excluding hydrogens is 336 g/mol. The first-order valence-electron chi connectivity index (χ1n) is 8.54. The molecule has 2 rings (SSSR count). The smallest absolute Gasteiger partial charge is 0.410 e. The van der Waals surface area contributed by atoms with Crippen LogP contribution in [-0.2, 0) is 20.7 Å². The predicted octanol–water partition coefficient (Wildman–Crippen LogP) is 2.20. The number of carbonyl (C=O) groups is 3. The molecule has 0 saturated carbocycles. The van der Waals surface area contributed by atoms with Gasteiger partial charge in [0, 0.05) is 19.0 Å². The second-order valence-corrected chi connectivity index (χ2v) is 7.47. The molecule has 8 heteroatoms. The largest absolute Gasteiger partial charge is 0.444 e. The fraction of sp³-hybridized carbons (Fsp3) is 0.556. The third-order valence-corrected chi connectivity index (χ3v) is 4.07. The van der Waals surface area contributed by atoms with Crippen molar-refractivity contribution in [2.45, 2.75) is 58.7 Å². The predicted molar refractivity (Wildman–Crippen MR) is 98.1 cm³/mol. The van der Waals surface area contributed by atoms with Crippen molar-refractivity contribution in [3.8, 4) is 0 Å². The van der Waals surface area contributed by atoms with Crippen molar-refractivity contribution < 1.29 is 19.1 Å². The third-order valence-electron chi connectivity index (χ3n) is 4.07. The maximum atomic E-state index is 12.4. The molecule has 0 aromatic carbocycles. The molecule has 1 aliphatic heterocycles. The van der Waals surface area contributed by atoms with Gasteiger partial charge in [-0.1, -0.05) is 6.07 Å². The summed E-state index contributed by atoms with van der Waals surface area (Å²) in [5, 5.41) is 5.71. The number of nitrogens with zero attached hydrogens (tertiary/aromatic N) is 2. The van der Waals surface area contributed by atoms with Crippen molar-refractivity contribution in [1.82, 2.24) is 9.88 Å². The van der Waals surface area contributed by atoms with Gasteiger partial charge in [-0.3, -0.25) is 14.5 Å². The maximum Gasteiger partial charge on any atom is 0.410 e. The van der Waals surface area contributed by atoms with Crippen molar-refractivity contribution in [3.05, 3.63) is 17.7 Å². The second-order valence-electron chi connectivity index (χ2n) is 7.47. The molecule has 0 fully saturated rings. The highest BCUT2D eigenvalue weighted by Gasteiger charge is 2.28. The van der Waals surface area contributed by atoms with Crippen LogP contribution in [0.25, 0.3) is 0 Å². The Morgan fingerprint density at radius 2 is 2.04 bits per heavy atom. The molecule has 0 spiro atoms. The lowest BCUT2D eigenvalue weighted by atomic mass is 10.0. The van der Waals surface area contributed by atoms with Gasteiger partial charge in [-0.25, -0.2) is 9.78 Å². The van der Waals surface area contributed by atoms with E-state index >= 15 is 0 Å².